The number of halogens is 1. The summed E-state index contributed by atoms with van der Waals surface area (Å²) in [6, 6.07) is 2.94. The molecule has 2 aromatic rings. The molecule has 2 aromatic heterocycles. The molecule has 1 saturated heterocycles. The van der Waals surface area contributed by atoms with Crippen molar-refractivity contribution in [3.05, 3.63) is 33.1 Å². The van der Waals surface area contributed by atoms with Crippen molar-refractivity contribution in [2.24, 2.45) is 0 Å². The molecule has 1 aliphatic rings. The van der Waals surface area contributed by atoms with E-state index in [1.54, 1.807) is 19.1 Å². The highest BCUT2D eigenvalue weighted by atomic mass is 35.5. The zero-order chi connectivity index (χ0) is 15.9. The summed E-state index contributed by atoms with van der Waals surface area (Å²) in [5.74, 6) is 0.330. The summed E-state index contributed by atoms with van der Waals surface area (Å²) in [5.41, 5.74) is -1.12. The van der Waals surface area contributed by atoms with E-state index in [1.807, 2.05) is 6.92 Å². The largest absolute Gasteiger partial charge is 0.423 e. The fourth-order valence-electron chi connectivity index (χ4n) is 2.22. The Morgan fingerprint density at radius 2 is 2.09 bits per heavy atom. The van der Waals surface area contributed by atoms with Crippen molar-refractivity contribution in [2.75, 3.05) is 0 Å². The Bertz CT molecular complexity index is 743. The Hall–Kier alpha value is -1.93. The van der Waals surface area contributed by atoms with E-state index in [0.717, 1.165) is 4.90 Å². The quantitative estimate of drug-likeness (QED) is 0.863. The van der Waals surface area contributed by atoms with Crippen molar-refractivity contribution >= 4 is 34.9 Å². The number of thiophene rings is 1. The molecular weight excluding hydrogens is 328 g/mol. The van der Waals surface area contributed by atoms with Gasteiger partial charge in [-0.1, -0.05) is 18.5 Å². The van der Waals surface area contributed by atoms with Gasteiger partial charge >= 0.3 is 6.03 Å². The van der Waals surface area contributed by atoms with Gasteiger partial charge in [-0.05, 0) is 19.1 Å². The monoisotopic (exact) mass is 340 g/mol. The molecule has 0 aliphatic carbocycles. The minimum absolute atomic E-state index is 0.0492. The van der Waals surface area contributed by atoms with E-state index in [9.17, 15) is 9.59 Å². The van der Waals surface area contributed by atoms with E-state index >= 15 is 0 Å². The number of carbonyl (C=O) groups is 2. The SMILES string of the molecule is CCc1nnc(CN2C(=O)N[C@@](C)(c3ccc(Cl)s3)C2=O)o1. The molecule has 1 atom stereocenters. The Morgan fingerprint density at radius 1 is 1.36 bits per heavy atom. The summed E-state index contributed by atoms with van der Waals surface area (Å²) >= 11 is 7.17. The van der Waals surface area contributed by atoms with Crippen LogP contribution in [0.1, 0.15) is 30.5 Å². The van der Waals surface area contributed by atoms with Gasteiger partial charge < -0.3 is 9.73 Å². The van der Waals surface area contributed by atoms with E-state index in [2.05, 4.69) is 15.5 Å². The van der Waals surface area contributed by atoms with Crippen molar-refractivity contribution in [3.8, 4) is 0 Å². The highest BCUT2D eigenvalue weighted by molar-refractivity contribution is 7.16. The van der Waals surface area contributed by atoms with Gasteiger partial charge in [-0.15, -0.1) is 21.5 Å². The lowest BCUT2D eigenvalue weighted by Gasteiger charge is -2.19. The molecule has 116 valence electrons. The van der Waals surface area contributed by atoms with Gasteiger partial charge in [0.2, 0.25) is 11.8 Å². The van der Waals surface area contributed by atoms with Crippen molar-refractivity contribution in [3.63, 3.8) is 0 Å². The van der Waals surface area contributed by atoms with Gasteiger partial charge in [0.15, 0.2) is 5.54 Å². The molecule has 3 amide bonds. The Kier molecular flexibility index (Phi) is 3.65. The molecule has 1 aliphatic heterocycles. The average molecular weight is 341 g/mol. The summed E-state index contributed by atoms with van der Waals surface area (Å²) in [6.07, 6.45) is 0.596. The molecule has 1 fully saturated rings. The highest BCUT2D eigenvalue weighted by Crippen LogP contribution is 2.35. The van der Waals surface area contributed by atoms with Crippen LogP contribution in [0.3, 0.4) is 0 Å². The van der Waals surface area contributed by atoms with Crippen LogP contribution in [0, 0.1) is 0 Å². The fourth-order valence-corrected chi connectivity index (χ4v) is 3.36. The smallest absolute Gasteiger partial charge is 0.325 e. The first kappa shape index (κ1) is 15.0. The number of imide groups is 1. The molecule has 1 N–H and O–H groups in total. The second kappa shape index (κ2) is 5.36. The summed E-state index contributed by atoms with van der Waals surface area (Å²) in [4.78, 5) is 26.5. The maximum atomic E-state index is 12.6. The summed E-state index contributed by atoms with van der Waals surface area (Å²) in [7, 11) is 0. The molecule has 3 heterocycles. The number of aromatic nitrogens is 2. The highest BCUT2D eigenvalue weighted by Gasteiger charge is 2.50. The average Bonchev–Trinajstić information content (AvgIpc) is 3.16. The number of nitrogens with zero attached hydrogens (tertiary/aromatic N) is 3. The van der Waals surface area contributed by atoms with Crippen LogP contribution in [0.4, 0.5) is 4.79 Å². The maximum absolute atomic E-state index is 12.6. The van der Waals surface area contributed by atoms with Crippen molar-refractivity contribution in [1.29, 1.82) is 0 Å². The first-order chi connectivity index (χ1) is 10.4. The van der Waals surface area contributed by atoms with Gasteiger partial charge in [0.05, 0.1) is 4.34 Å². The van der Waals surface area contributed by atoms with Gasteiger partial charge in [-0.3, -0.25) is 9.69 Å². The maximum Gasteiger partial charge on any atom is 0.325 e. The van der Waals surface area contributed by atoms with E-state index < -0.39 is 11.6 Å². The number of amides is 3. The van der Waals surface area contributed by atoms with Gasteiger partial charge in [0.25, 0.3) is 5.91 Å². The van der Waals surface area contributed by atoms with Crippen LogP contribution in [0.5, 0.6) is 0 Å². The summed E-state index contributed by atoms with van der Waals surface area (Å²) < 4.78 is 5.91. The predicted molar refractivity (Wildman–Crippen MR) is 79.4 cm³/mol. The van der Waals surface area contributed by atoms with Crippen LogP contribution in [-0.2, 0) is 23.3 Å². The fraction of sp³-hybridized carbons (Fsp3) is 0.385. The Morgan fingerprint density at radius 3 is 2.68 bits per heavy atom. The molecule has 7 nitrogen and oxygen atoms in total. The molecule has 0 bridgehead atoms. The summed E-state index contributed by atoms with van der Waals surface area (Å²) in [6.45, 7) is 3.48. The second-order valence-electron chi connectivity index (χ2n) is 4.99. The van der Waals surface area contributed by atoms with Crippen LogP contribution in [0.2, 0.25) is 4.34 Å². The zero-order valence-corrected chi connectivity index (χ0v) is 13.5. The zero-order valence-electron chi connectivity index (χ0n) is 11.9. The van der Waals surface area contributed by atoms with Crippen LogP contribution in [0.15, 0.2) is 16.5 Å². The predicted octanol–water partition coefficient (Wildman–Crippen LogP) is 2.31. The van der Waals surface area contributed by atoms with Crippen molar-refractivity contribution in [1.82, 2.24) is 20.4 Å². The molecule has 0 unspecified atom stereocenters. The Labute approximate surface area is 135 Å². The lowest BCUT2D eigenvalue weighted by Crippen LogP contribution is -2.40. The number of urea groups is 1. The van der Waals surface area contributed by atoms with Gasteiger partial charge in [-0.25, -0.2) is 4.79 Å². The lowest BCUT2D eigenvalue weighted by atomic mass is 10.0. The molecule has 0 aromatic carbocycles. The van der Waals surface area contributed by atoms with Gasteiger partial charge in [-0.2, -0.15) is 0 Å². The third-order valence-corrected chi connectivity index (χ3v) is 4.90. The molecule has 0 spiro atoms. The molecule has 3 rings (SSSR count). The number of nitrogens with one attached hydrogen (secondary N) is 1. The van der Waals surface area contributed by atoms with Crippen LogP contribution < -0.4 is 5.32 Å². The number of hydrogen-bond donors (Lipinski definition) is 1. The minimum atomic E-state index is -1.12. The molecule has 22 heavy (non-hydrogen) atoms. The van der Waals surface area contributed by atoms with E-state index in [4.69, 9.17) is 16.0 Å². The first-order valence-corrected chi connectivity index (χ1v) is 7.84. The third kappa shape index (κ3) is 2.38. The molecular formula is C13H13ClN4O3S. The van der Waals surface area contributed by atoms with Crippen molar-refractivity contribution < 1.29 is 14.0 Å². The third-order valence-electron chi connectivity index (χ3n) is 3.45. The first-order valence-electron chi connectivity index (χ1n) is 6.65. The lowest BCUT2D eigenvalue weighted by molar-refractivity contribution is -0.131. The van der Waals surface area contributed by atoms with E-state index in [0.29, 0.717) is 21.5 Å². The minimum Gasteiger partial charge on any atom is -0.423 e. The van der Waals surface area contributed by atoms with E-state index in [-0.39, 0.29) is 18.3 Å². The van der Waals surface area contributed by atoms with Crippen LogP contribution in [0.25, 0.3) is 0 Å². The molecule has 9 heteroatoms. The van der Waals surface area contributed by atoms with Gasteiger partial charge in [0.1, 0.15) is 6.54 Å². The molecule has 0 radical (unpaired) electrons. The van der Waals surface area contributed by atoms with Crippen LogP contribution >= 0.6 is 22.9 Å². The molecule has 0 saturated carbocycles. The normalized spacial score (nSPS) is 21.5. The van der Waals surface area contributed by atoms with Crippen LogP contribution in [-0.4, -0.2) is 27.0 Å². The van der Waals surface area contributed by atoms with E-state index in [1.165, 1.54) is 11.3 Å². The number of carbonyl (C=O) groups excluding carboxylic acids is 2. The number of aryl methyl sites for hydroxylation is 1. The number of rotatable bonds is 4. The number of hydrogen-bond acceptors (Lipinski definition) is 6. The topological polar surface area (TPSA) is 88.3 Å². The van der Waals surface area contributed by atoms with Crippen molar-refractivity contribution in [2.45, 2.75) is 32.4 Å². The van der Waals surface area contributed by atoms with Gasteiger partial charge in [0, 0.05) is 11.3 Å². The second-order valence-corrected chi connectivity index (χ2v) is 6.71. The standard InChI is InChI=1S/C13H13ClN4O3S/c1-3-9-16-17-10(21-9)6-18-11(19)13(2,15-12(18)20)7-4-5-8(14)22-7/h4-5H,3,6H2,1-2H3,(H,15,20)/t13-/m0/s1. The Balaban J connectivity index is 1.85. The summed E-state index contributed by atoms with van der Waals surface area (Å²) in [5, 5.41) is 10.4.